The number of likely N-dealkylation sites (N-methyl/N-ethyl adjacent to an activating group) is 1. The number of carbonyl (C=O) groups excluding carboxylic acids is 2. The second-order valence-corrected chi connectivity index (χ2v) is 6.66. The van der Waals surface area contributed by atoms with E-state index in [4.69, 9.17) is 9.47 Å². The van der Waals surface area contributed by atoms with Gasteiger partial charge < -0.3 is 19.7 Å². The molecule has 2 amide bonds. The van der Waals surface area contributed by atoms with Crippen LogP contribution in [0.2, 0.25) is 0 Å². The number of nitrogens with one attached hydrogen (secondary N) is 1. The molecule has 27 heavy (non-hydrogen) atoms. The fraction of sp³-hybridized carbons (Fsp3) is 0.300. The van der Waals surface area contributed by atoms with Crippen molar-refractivity contribution in [3.05, 3.63) is 52.5 Å². The molecule has 0 spiro atoms. The van der Waals surface area contributed by atoms with Gasteiger partial charge in [0, 0.05) is 28.8 Å². The van der Waals surface area contributed by atoms with E-state index < -0.39 is 0 Å². The molecule has 0 aliphatic carbocycles. The molecule has 6 nitrogen and oxygen atoms in total. The Morgan fingerprint density at radius 2 is 1.63 bits per heavy atom. The summed E-state index contributed by atoms with van der Waals surface area (Å²) in [5, 5.41) is 2.78. The predicted molar refractivity (Wildman–Crippen MR) is 109 cm³/mol. The lowest BCUT2D eigenvalue weighted by atomic mass is 10.2. The quantitative estimate of drug-likeness (QED) is 0.682. The van der Waals surface area contributed by atoms with Crippen molar-refractivity contribution in [1.82, 2.24) is 4.90 Å². The summed E-state index contributed by atoms with van der Waals surface area (Å²) in [6, 6.07) is 12.2. The van der Waals surface area contributed by atoms with Crippen LogP contribution in [-0.2, 0) is 4.79 Å². The first-order valence-electron chi connectivity index (χ1n) is 8.65. The molecular weight excluding hydrogens is 412 g/mol. The molecule has 0 aromatic heterocycles. The SMILES string of the molecule is CCOc1ccc(NC(=O)CN(C)C(=O)c2ccc(Br)cc2)cc1OCC. The number of amides is 2. The molecule has 0 atom stereocenters. The molecular formula is C20H23BrN2O4. The highest BCUT2D eigenvalue weighted by Crippen LogP contribution is 2.30. The van der Waals surface area contributed by atoms with Crippen LogP contribution >= 0.6 is 15.9 Å². The highest BCUT2D eigenvalue weighted by atomic mass is 79.9. The molecule has 1 N–H and O–H groups in total. The minimum absolute atomic E-state index is 0.0634. The lowest BCUT2D eigenvalue weighted by molar-refractivity contribution is -0.116. The molecule has 0 unspecified atom stereocenters. The van der Waals surface area contributed by atoms with Gasteiger partial charge in [0.25, 0.3) is 5.91 Å². The Kier molecular flexibility index (Phi) is 7.67. The van der Waals surface area contributed by atoms with E-state index in [0.717, 1.165) is 4.47 Å². The summed E-state index contributed by atoms with van der Waals surface area (Å²) in [6.45, 7) is 4.72. The highest BCUT2D eigenvalue weighted by Gasteiger charge is 2.15. The second-order valence-electron chi connectivity index (χ2n) is 5.74. The van der Waals surface area contributed by atoms with E-state index in [1.165, 1.54) is 4.90 Å². The van der Waals surface area contributed by atoms with E-state index in [9.17, 15) is 9.59 Å². The zero-order chi connectivity index (χ0) is 19.8. The minimum atomic E-state index is -0.297. The van der Waals surface area contributed by atoms with Gasteiger partial charge >= 0.3 is 0 Å². The van der Waals surface area contributed by atoms with Crippen molar-refractivity contribution in [2.45, 2.75) is 13.8 Å². The molecule has 2 aromatic rings. The Balaban J connectivity index is 2.00. The number of halogens is 1. The third kappa shape index (κ3) is 5.99. The van der Waals surface area contributed by atoms with Gasteiger partial charge in [-0.25, -0.2) is 0 Å². The smallest absolute Gasteiger partial charge is 0.254 e. The van der Waals surface area contributed by atoms with Gasteiger partial charge in [0.15, 0.2) is 11.5 Å². The standard InChI is InChI=1S/C20H23BrN2O4/c1-4-26-17-11-10-16(12-18(17)27-5-2)22-19(24)13-23(3)20(25)14-6-8-15(21)9-7-14/h6-12H,4-5,13H2,1-3H3,(H,22,24). The van der Waals surface area contributed by atoms with Crippen LogP contribution in [0.25, 0.3) is 0 Å². The Morgan fingerprint density at radius 1 is 1.00 bits per heavy atom. The van der Waals surface area contributed by atoms with Gasteiger partial charge in [0.2, 0.25) is 5.91 Å². The van der Waals surface area contributed by atoms with Gasteiger partial charge in [-0.05, 0) is 50.2 Å². The number of hydrogen-bond acceptors (Lipinski definition) is 4. The fourth-order valence-electron chi connectivity index (χ4n) is 2.43. The van der Waals surface area contributed by atoms with Crippen LogP contribution in [0, 0.1) is 0 Å². The third-order valence-electron chi connectivity index (χ3n) is 3.65. The third-order valence-corrected chi connectivity index (χ3v) is 4.17. The molecule has 2 aromatic carbocycles. The molecule has 0 radical (unpaired) electrons. The van der Waals surface area contributed by atoms with Crippen molar-refractivity contribution in [3.63, 3.8) is 0 Å². The Labute approximate surface area is 167 Å². The molecule has 0 saturated carbocycles. The van der Waals surface area contributed by atoms with Gasteiger partial charge in [-0.15, -0.1) is 0 Å². The monoisotopic (exact) mass is 434 g/mol. The maximum absolute atomic E-state index is 12.4. The predicted octanol–water partition coefficient (Wildman–Crippen LogP) is 3.96. The van der Waals surface area contributed by atoms with Crippen LogP contribution < -0.4 is 14.8 Å². The van der Waals surface area contributed by atoms with Crippen LogP contribution in [0.4, 0.5) is 5.69 Å². The Bertz CT molecular complexity index is 793. The average Bonchev–Trinajstić information content (AvgIpc) is 2.64. The van der Waals surface area contributed by atoms with Crippen molar-refractivity contribution in [1.29, 1.82) is 0 Å². The summed E-state index contributed by atoms with van der Waals surface area (Å²) < 4.78 is 12.0. The minimum Gasteiger partial charge on any atom is -0.490 e. The van der Waals surface area contributed by atoms with Crippen LogP contribution in [0.1, 0.15) is 24.2 Å². The van der Waals surface area contributed by atoms with Crippen molar-refractivity contribution in [2.75, 3.05) is 32.1 Å². The number of benzene rings is 2. The van der Waals surface area contributed by atoms with Crippen LogP contribution in [-0.4, -0.2) is 43.5 Å². The fourth-order valence-corrected chi connectivity index (χ4v) is 2.69. The molecule has 0 bridgehead atoms. The molecule has 0 fully saturated rings. The van der Waals surface area contributed by atoms with Crippen LogP contribution in [0.5, 0.6) is 11.5 Å². The number of nitrogens with zero attached hydrogens (tertiary/aromatic N) is 1. The number of ether oxygens (including phenoxy) is 2. The first-order valence-corrected chi connectivity index (χ1v) is 9.44. The highest BCUT2D eigenvalue weighted by molar-refractivity contribution is 9.10. The largest absolute Gasteiger partial charge is 0.490 e. The topological polar surface area (TPSA) is 67.9 Å². The van der Waals surface area contributed by atoms with Gasteiger partial charge in [-0.2, -0.15) is 0 Å². The molecule has 2 rings (SSSR count). The zero-order valence-electron chi connectivity index (χ0n) is 15.6. The van der Waals surface area contributed by atoms with E-state index in [0.29, 0.717) is 36.0 Å². The van der Waals surface area contributed by atoms with Gasteiger partial charge in [0.05, 0.1) is 19.8 Å². The first kappa shape index (κ1) is 20.8. The summed E-state index contributed by atoms with van der Waals surface area (Å²) in [5.74, 6) is 0.672. The Morgan fingerprint density at radius 3 is 2.26 bits per heavy atom. The lowest BCUT2D eigenvalue weighted by Crippen LogP contribution is -2.34. The number of carbonyl (C=O) groups is 2. The maximum atomic E-state index is 12.4. The normalized spacial score (nSPS) is 10.2. The van der Waals surface area contributed by atoms with Crippen molar-refractivity contribution in [3.8, 4) is 11.5 Å². The lowest BCUT2D eigenvalue weighted by Gasteiger charge is -2.17. The summed E-state index contributed by atoms with van der Waals surface area (Å²) >= 11 is 3.33. The number of anilines is 1. The maximum Gasteiger partial charge on any atom is 0.254 e. The second kappa shape index (κ2) is 9.97. The van der Waals surface area contributed by atoms with Crippen LogP contribution in [0.15, 0.2) is 46.9 Å². The average molecular weight is 435 g/mol. The molecule has 7 heteroatoms. The molecule has 0 aliphatic heterocycles. The van der Waals surface area contributed by atoms with Crippen molar-refractivity contribution in [2.24, 2.45) is 0 Å². The van der Waals surface area contributed by atoms with E-state index in [2.05, 4.69) is 21.2 Å². The van der Waals surface area contributed by atoms with E-state index in [1.807, 2.05) is 13.8 Å². The molecule has 0 aliphatic rings. The van der Waals surface area contributed by atoms with E-state index in [1.54, 1.807) is 49.5 Å². The van der Waals surface area contributed by atoms with E-state index >= 15 is 0 Å². The number of rotatable bonds is 8. The Hall–Kier alpha value is -2.54. The zero-order valence-corrected chi connectivity index (χ0v) is 17.2. The first-order chi connectivity index (χ1) is 12.9. The summed E-state index contributed by atoms with van der Waals surface area (Å²) in [6.07, 6.45) is 0. The van der Waals surface area contributed by atoms with Crippen molar-refractivity contribution >= 4 is 33.4 Å². The van der Waals surface area contributed by atoms with Gasteiger partial charge in [-0.1, -0.05) is 15.9 Å². The summed E-state index contributed by atoms with van der Waals surface area (Å²) in [4.78, 5) is 26.1. The summed E-state index contributed by atoms with van der Waals surface area (Å²) in [7, 11) is 1.59. The summed E-state index contributed by atoms with van der Waals surface area (Å²) in [5.41, 5.74) is 1.10. The molecule has 0 saturated heterocycles. The van der Waals surface area contributed by atoms with Crippen molar-refractivity contribution < 1.29 is 19.1 Å². The molecule has 144 valence electrons. The van der Waals surface area contributed by atoms with Crippen LogP contribution in [0.3, 0.4) is 0 Å². The van der Waals surface area contributed by atoms with Gasteiger partial charge in [-0.3, -0.25) is 9.59 Å². The molecule has 0 heterocycles. The number of hydrogen-bond donors (Lipinski definition) is 1. The van der Waals surface area contributed by atoms with E-state index in [-0.39, 0.29) is 18.4 Å². The van der Waals surface area contributed by atoms with Gasteiger partial charge in [0.1, 0.15) is 0 Å².